The molecule has 23 heavy (non-hydrogen) atoms. The molecule has 122 valence electrons. The Kier molecular flexibility index (Phi) is 4.78. The Morgan fingerprint density at radius 3 is 2.78 bits per heavy atom. The number of nitrogens with two attached hydrogens (primary N) is 1. The van der Waals surface area contributed by atoms with Gasteiger partial charge < -0.3 is 11.1 Å². The number of benzene rings is 1. The molecule has 4 nitrogen and oxygen atoms in total. The van der Waals surface area contributed by atoms with E-state index in [1.54, 1.807) is 6.92 Å². The molecule has 0 saturated carbocycles. The first-order valence-electron chi connectivity index (χ1n) is 6.95. The molecular weight excluding hydrogens is 305 g/mol. The standard InChI is InChI=1S/C16H17F3N4/c1-4-21-9(3)14(19)13(20)5-8(2)15-11-6-10(17)7-12(18)16(11)23-22-15/h5-7,21H,2,4,20H2,1,3H3,(H,22,23)/b13-5+,14-9-. The third kappa shape index (κ3) is 3.39. The van der Waals surface area contributed by atoms with Gasteiger partial charge in [0.1, 0.15) is 11.3 Å². The van der Waals surface area contributed by atoms with Gasteiger partial charge in [-0.05, 0) is 31.6 Å². The summed E-state index contributed by atoms with van der Waals surface area (Å²) in [4.78, 5) is 0. The SMILES string of the molecule is C=C(/C=C(N)\C(F)=C(/C)NCC)c1n[nH]c2c(F)cc(F)cc12. The van der Waals surface area contributed by atoms with Crippen LogP contribution in [0.3, 0.4) is 0 Å². The zero-order valence-electron chi connectivity index (χ0n) is 12.8. The average Bonchev–Trinajstić information content (AvgIpc) is 2.90. The first-order chi connectivity index (χ1) is 10.8. The largest absolute Gasteiger partial charge is 0.396 e. The molecule has 2 rings (SSSR count). The lowest BCUT2D eigenvalue weighted by Gasteiger charge is -2.06. The van der Waals surface area contributed by atoms with Gasteiger partial charge in [0.2, 0.25) is 0 Å². The van der Waals surface area contributed by atoms with E-state index in [0.717, 1.165) is 12.1 Å². The highest BCUT2D eigenvalue weighted by Crippen LogP contribution is 2.26. The Hall–Kier alpha value is -2.70. The van der Waals surface area contributed by atoms with Crippen LogP contribution in [0, 0.1) is 11.6 Å². The third-order valence-corrected chi connectivity index (χ3v) is 3.25. The zero-order chi connectivity index (χ0) is 17.1. The van der Waals surface area contributed by atoms with Crippen molar-refractivity contribution in [3.8, 4) is 0 Å². The van der Waals surface area contributed by atoms with E-state index in [1.807, 2.05) is 6.92 Å². The van der Waals surface area contributed by atoms with Crippen molar-refractivity contribution in [3.05, 3.63) is 59.3 Å². The molecule has 0 aliphatic rings. The quantitative estimate of drug-likeness (QED) is 0.738. The monoisotopic (exact) mass is 322 g/mol. The summed E-state index contributed by atoms with van der Waals surface area (Å²) >= 11 is 0. The van der Waals surface area contributed by atoms with Crippen LogP contribution in [0.15, 0.2) is 42.0 Å². The van der Waals surface area contributed by atoms with Gasteiger partial charge in [-0.2, -0.15) is 5.10 Å². The highest BCUT2D eigenvalue weighted by Gasteiger charge is 2.14. The molecule has 0 fully saturated rings. The van der Waals surface area contributed by atoms with Crippen LogP contribution in [-0.4, -0.2) is 16.7 Å². The maximum Gasteiger partial charge on any atom is 0.164 e. The minimum absolute atomic E-state index is 0.0503. The first-order valence-corrected chi connectivity index (χ1v) is 6.95. The lowest BCUT2D eigenvalue weighted by Crippen LogP contribution is -2.13. The van der Waals surface area contributed by atoms with Gasteiger partial charge in [0.15, 0.2) is 11.6 Å². The maximum absolute atomic E-state index is 14.1. The second-order valence-corrected chi connectivity index (χ2v) is 4.98. The summed E-state index contributed by atoms with van der Waals surface area (Å²) in [6.45, 7) is 7.67. The fraction of sp³-hybridized carbons (Fsp3) is 0.188. The van der Waals surface area contributed by atoms with Gasteiger partial charge in [-0.3, -0.25) is 5.10 Å². The topological polar surface area (TPSA) is 66.7 Å². The highest BCUT2D eigenvalue weighted by molar-refractivity contribution is 5.92. The van der Waals surface area contributed by atoms with Gasteiger partial charge in [-0.25, -0.2) is 13.2 Å². The smallest absolute Gasteiger partial charge is 0.164 e. The number of nitrogens with one attached hydrogen (secondary N) is 2. The summed E-state index contributed by atoms with van der Waals surface area (Å²) < 4.78 is 41.1. The van der Waals surface area contributed by atoms with Crippen molar-refractivity contribution in [3.63, 3.8) is 0 Å². The Morgan fingerprint density at radius 2 is 2.13 bits per heavy atom. The van der Waals surface area contributed by atoms with Gasteiger partial charge in [0, 0.05) is 23.7 Å². The van der Waals surface area contributed by atoms with Gasteiger partial charge in [-0.1, -0.05) is 6.58 Å². The van der Waals surface area contributed by atoms with E-state index in [2.05, 4.69) is 22.1 Å². The summed E-state index contributed by atoms with van der Waals surface area (Å²) in [5.41, 5.74) is 6.33. The Balaban J connectivity index is 2.42. The third-order valence-electron chi connectivity index (χ3n) is 3.25. The van der Waals surface area contributed by atoms with E-state index >= 15 is 0 Å². The van der Waals surface area contributed by atoms with Crippen LogP contribution in [0.1, 0.15) is 19.5 Å². The minimum atomic E-state index is -0.766. The van der Waals surface area contributed by atoms with Gasteiger partial charge >= 0.3 is 0 Å². The van der Waals surface area contributed by atoms with Crippen molar-refractivity contribution in [1.82, 2.24) is 15.5 Å². The summed E-state index contributed by atoms with van der Waals surface area (Å²) in [5, 5.41) is 9.40. The molecule has 0 aliphatic carbocycles. The van der Waals surface area contributed by atoms with Crippen LogP contribution >= 0.6 is 0 Å². The van der Waals surface area contributed by atoms with Gasteiger partial charge in [-0.15, -0.1) is 0 Å². The van der Waals surface area contributed by atoms with E-state index < -0.39 is 17.5 Å². The predicted molar refractivity (Wildman–Crippen MR) is 84.8 cm³/mol. The number of H-pyrrole nitrogens is 1. The highest BCUT2D eigenvalue weighted by atomic mass is 19.1. The van der Waals surface area contributed by atoms with Crippen LogP contribution in [-0.2, 0) is 0 Å². The van der Waals surface area contributed by atoms with E-state index in [0.29, 0.717) is 6.54 Å². The number of rotatable bonds is 5. The molecule has 0 amide bonds. The van der Waals surface area contributed by atoms with Gasteiger partial charge in [0.25, 0.3) is 0 Å². The number of aromatic nitrogens is 2. The Labute approximate surface area is 131 Å². The van der Waals surface area contributed by atoms with Crippen LogP contribution in [0.5, 0.6) is 0 Å². The Bertz CT molecular complexity index is 818. The number of hydrogen-bond acceptors (Lipinski definition) is 3. The fourth-order valence-electron chi connectivity index (χ4n) is 2.17. The number of aromatic amines is 1. The normalized spacial score (nSPS) is 13.2. The molecular formula is C16H17F3N4. The van der Waals surface area contributed by atoms with E-state index in [-0.39, 0.29) is 33.6 Å². The minimum Gasteiger partial charge on any atom is -0.396 e. The molecule has 1 aromatic carbocycles. The van der Waals surface area contributed by atoms with E-state index in [9.17, 15) is 13.2 Å². The molecule has 0 radical (unpaired) electrons. The number of allylic oxidation sites excluding steroid dienone is 4. The predicted octanol–water partition coefficient (Wildman–Crippen LogP) is 3.51. The second-order valence-electron chi connectivity index (χ2n) is 4.98. The summed E-state index contributed by atoms with van der Waals surface area (Å²) in [7, 11) is 0. The summed E-state index contributed by atoms with van der Waals surface area (Å²) in [6.07, 6.45) is 1.27. The summed E-state index contributed by atoms with van der Waals surface area (Å²) in [6, 6.07) is 1.88. The molecule has 1 heterocycles. The maximum atomic E-state index is 14.1. The first kappa shape index (κ1) is 16.7. The molecule has 0 spiro atoms. The average molecular weight is 322 g/mol. The molecule has 4 N–H and O–H groups in total. The number of hydrogen-bond donors (Lipinski definition) is 3. The van der Waals surface area contributed by atoms with Crippen molar-refractivity contribution >= 4 is 16.5 Å². The summed E-state index contributed by atoms with van der Waals surface area (Å²) in [5.74, 6) is -2.13. The van der Waals surface area contributed by atoms with E-state index in [1.165, 1.54) is 6.08 Å². The number of nitrogens with zero attached hydrogens (tertiary/aromatic N) is 1. The van der Waals surface area contributed by atoms with Crippen molar-refractivity contribution < 1.29 is 13.2 Å². The van der Waals surface area contributed by atoms with Crippen molar-refractivity contribution in [2.75, 3.05) is 6.54 Å². The van der Waals surface area contributed by atoms with Crippen LogP contribution < -0.4 is 11.1 Å². The van der Waals surface area contributed by atoms with Gasteiger partial charge in [0.05, 0.1) is 11.4 Å². The second kappa shape index (κ2) is 6.60. The Morgan fingerprint density at radius 1 is 1.43 bits per heavy atom. The molecule has 0 atom stereocenters. The zero-order valence-corrected chi connectivity index (χ0v) is 12.8. The lowest BCUT2D eigenvalue weighted by atomic mass is 10.1. The molecule has 0 bridgehead atoms. The van der Waals surface area contributed by atoms with Crippen LogP contribution in [0.25, 0.3) is 16.5 Å². The van der Waals surface area contributed by atoms with Crippen LogP contribution in [0.2, 0.25) is 0 Å². The van der Waals surface area contributed by atoms with Crippen molar-refractivity contribution in [2.45, 2.75) is 13.8 Å². The van der Waals surface area contributed by atoms with Crippen molar-refractivity contribution in [2.24, 2.45) is 5.73 Å². The molecule has 0 unspecified atom stereocenters. The van der Waals surface area contributed by atoms with E-state index in [4.69, 9.17) is 5.73 Å². The molecule has 2 aromatic rings. The fourth-order valence-corrected chi connectivity index (χ4v) is 2.17. The number of halogens is 3. The lowest BCUT2D eigenvalue weighted by molar-refractivity contribution is 0.590. The molecule has 7 heteroatoms. The molecule has 1 aromatic heterocycles. The number of fused-ring (bicyclic) bond motifs is 1. The molecule has 0 saturated heterocycles. The van der Waals surface area contributed by atoms with Crippen LogP contribution in [0.4, 0.5) is 13.2 Å². The van der Waals surface area contributed by atoms with Crippen molar-refractivity contribution in [1.29, 1.82) is 0 Å². The molecule has 0 aliphatic heterocycles.